The monoisotopic (exact) mass is 558 g/mol. The van der Waals surface area contributed by atoms with Crippen molar-refractivity contribution in [1.82, 2.24) is 19.4 Å². The van der Waals surface area contributed by atoms with Crippen LogP contribution in [0.15, 0.2) is 59.4 Å². The number of piperazine rings is 1. The van der Waals surface area contributed by atoms with E-state index in [1.54, 1.807) is 37.3 Å². The van der Waals surface area contributed by atoms with Crippen molar-refractivity contribution in [2.45, 2.75) is 13.5 Å². The number of benzene rings is 3. The molecule has 0 N–H and O–H groups in total. The summed E-state index contributed by atoms with van der Waals surface area (Å²) in [7, 11) is 0. The highest BCUT2D eigenvalue weighted by molar-refractivity contribution is 6.34. The maximum atomic E-state index is 14.4. The van der Waals surface area contributed by atoms with Crippen LogP contribution in [0.25, 0.3) is 28.0 Å². The molecule has 0 saturated carbocycles. The third kappa shape index (κ3) is 5.09. The minimum Gasteiger partial charge on any atom is -0.340 e. The van der Waals surface area contributed by atoms with E-state index in [1.165, 1.54) is 16.7 Å². The van der Waals surface area contributed by atoms with Gasteiger partial charge in [-0.25, -0.2) is 9.37 Å². The molecule has 2 heterocycles. The summed E-state index contributed by atoms with van der Waals surface area (Å²) >= 11 is 19.0. The number of carbonyl (C=O) groups is 1. The van der Waals surface area contributed by atoms with Gasteiger partial charge in [0.25, 0.3) is 5.56 Å². The van der Waals surface area contributed by atoms with Crippen molar-refractivity contribution in [2.75, 3.05) is 26.2 Å². The number of hydrogen-bond acceptors (Lipinski definition) is 4. The van der Waals surface area contributed by atoms with Gasteiger partial charge in [-0.3, -0.25) is 19.1 Å². The molecule has 6 nitrogen and oxygen atoms in total. The molecule has 10 heteroatoms. The Balaban J connectivity index is 1.63. The van der Waals surface area contributed by atoms with E-state index >= 15 is 0 Å². The highest BCUT2D eigenvalue weighted by Crippen LogP contribution is 2.33. The van der Waals surface area contributed by atoms with Crippen LogP contribution in [0.2, 0.25) is 15.1 Å². The second-order valence-corrected chi connectivity index (χ2v) is 10.1. The predicted octanol–water partition coefficient (Wildman–Crippen LogP) is 5.82. The molecule has 4 aromatic rings. The van der Waals surface area contributed by atoms with Crippen LogP contribution in [0.5, 0.6) is 0 Å². The lowest BCUT2D eigenvalue weighted by atomic mass is 10.1. The fourth-order valence-corrected chi connectivity index (χ4v) is 5.09. The largest absolute Gasteiger partial charge is 0.340 e. The van der Waals surface area contributed by atoms with Gasteiger partial charge in [0.05, 0.1) is 26.6 Å². The summed E-state index contributed by atoms with van der Waals surface area (Å²) in [4.78, 5) is 34.1. The Hall–Kier alpha value is -2.97. The van der Waals surface area contributed by atoms with E-state index in [-0.39, 0.29) is 28.0 Å². The fourth-order valence-electron chi connectivity index (χ4n) is 4.54. The molecule has 5 rings (SSSR count). The predicted molar refractivity (Wildman–Crippen MR) is 145 cm³/mol. The fraction of sp³-hybridized carbons (Fsp3) is 0.222. The molecule has 3 aromatic carbocycles. The average Bonchev–Trinajstić information content (AvgIpc) is 2.87. The number of amides is 1. The Kier molecular flexibility index (Phi) is 7.23. The van der Waals surface area contributed by atoms with E-state index in [9.17, 15) is 14.0 Å². The molecule has 1 aliphatic rings. The van der Waals surface area contributed by atoms with Gasteiger partial charge < -0.3 is 4.90 Å². The highest BCUT2D eigenvalue weighted by atomic mass is 35.5. The van der Waals surface area contributed by atoms with Crippen molar-refractivity contribution < 1.29 is 9.18 Å². The molecule has 190 valence electrons. The third-order valence-electron chi connectivity index (χ3n) is 6.52. The first-order valence-electron chi connectivity index (χ1n) is 11.7. The zero-order valence-electron chi connectivity index (χ0n) is 19.8. The Morgan fingerprint density at radius 3 is 2.46 bits per heavy atom. The Labute approximate surface area is 227 Å². The van der Waals surface area contributed by atoms with Crippen LogP contribution in [0.4, 0.5) is 4.39 Å². The van der Waals surface area contributed by atoms with Crippen molar-refractivity contribution in [1.29, 1.82) is 0 Å². The first kappa shape index (κ1) is 25.7. The van der Waals surface area contributed by atoms with Crippen LogP contribution in [-0.2, 0) is 11.3 Å². The van der Waals surface area contributed by atoms with Gasteiger partial charge in [0.1, 0.15) is 11.6 Å². The molecule has 1 aromatic heterocycles. The molecular weight excluding hydrogens is 538 g/mol. The Morgan fingerprint density at radius 1 is 1.00 bits per heavy atom. The Morgan fingerprint density at radius 2 is 1.76 bits per heavy atom. The van der Waals surface area contributed by atoms with Gasteiger partial charge in [-0.05, 0) is 48.0 Å². The average molecular weight is 560 g/mol. The summed E-state index contributed by atoms with van der Waals surface area (Å²) in [6, 6.07) is 14.5. The van der Waals surface area contributed by atoms with E-state index in [1.807, 2.05) is 17.0 Å². The van der Waals surface area contributed by atoms with Crippen LogP contribution < -0.4 is 5.56 Å². The molecule has 1 aliphatic heterocycles. The van der Waals surface area contributed by atoms with Crippen LogP contribution in [0.3, 0.4) is 0 Å². The molecule has 0 aliphatic carbocycles. The van der Waals surface area contributed by atoms with Crippen LogP contribution in [0, 0.1) is 5.82 Å². The van der Waals surface area contributed by atoms with Gasteiger partial charge in [-0.15, -0.1) is 0 Å². The minimum absolute atomic E-state index is 0.0521. The molecule has 37 heavy (non-hydrogen) atoms. The van der Waals surface area contributed by atoms with Gasteiger partial charge in [0.15, 0.2) is 0 Å². The van der Waals surface area contributed by atoms with Crippen molar-refractivity contribution in [3.63, 3.8) is 0 Å². The van der Waals surface area contributed by atoms with Gasteiger partial charge in [0, 0.05) is 50.2 Å². The molecule has 0 radical (unpaired) electrons. The highest BCUT2D eigenvalue weighted by Gasteiger charge is 2.22. The molecule has 0 unspecified atom stereocenters. The van der Waals surface area contributed by atoms with Crippen molar-refractivity contribution >= 4 is 51.6 Å². The molecule has 0 atom stereocenters. The lowest BCUT2D eigenvalue weighted by Crippen LogP contribution is -2.47. The molecule has 0 bridgehead atoms. The minimum atomic E-state index is -0.655. The number of nitrogens with zero attached hydrogens (tertiary/aromatic N) is 4. The van der Waals surface area contributed by atoms with E-state index in [4.69, 9.17) is 39.8 Å². The van der Waals surface area contributed by atoms with Gasteiger partial charge in [-0.1, -0.05) is 46.9 Å². The molecular formula is C27H22Cl3FN4O2. The summed E-state index contributed by atoms with van der Waals surface area (Å²) in [5.41, 5.74) is 1.66. The maximum Gasteiger partial charge on any atom is 0.266 e. The normalized spacial score (nSPS) is 14.4. The number of aromatic nitrogens is 2. The van der Waals surface area contributed by atoms with Crippen molar-refractivity contribution in [2.24, 2.45) is 0 Å². The number of carbonyl (C=O) groups excluding carboxylic acids is 1. The Bertz CT molecular complexity index is 1580. The SMILES string of the molecule is CC(=O)N1CCN(Cc2cccc(-c3nc4cc(Cl)ccc4c(=O)n3-c3ccc(Cl)c(F)c3)c2Cl)CC1. The first-order valence-corrected chi connectivity index (χ1v) is 12.8. The smallest absolute Gasteiger partial charge is 0.266 e. The van der Waals surface area contributed by atoms with E-state index in [0.29, 0.717) is 46.1 Å². The van der Waals surface area contributed by atoms with Crippen LogP contribution in [0.1, 0.15) is 12.5 Å². The number of fused-ring (bicyclic) bond motifs is 1. The van der Waals surface area contributed by atoms with Gasteiger partial charge in [0.2, 0.25) is 5.91 Å². The summed E-state index contributed by atoms with van der Waals surface area (Å²) < 4.78 is 15.8. The third-order valence-corrected chi connectivity index (χ3v) is 7.51. The van der Waals surface area contributed by atoms with E-state index < -0.39 is 5.82 Å². The second kappa shape index (κ2) is 10.4. The molecule has 1 amide bonds. The van der Waals surface area contributed by atoms with Gasteiger partial charge >= 0.3 is 0 Å². The molecule has 1 saturated heterocycles. The topological polar surface area (TPSA) is 58.4 Å². The summed E-state index contributed by atoms with van der Waals surface area (Å²) in [5.74, 6) is -0.328. The van der Waals surface area contributed by atoms with Gasteiger partial charge in [-0.2, -0.15) is 0 Å². The number of hydrogen-bond donors (Lipinski definition) is 0. The van der Waals surface area contributed by atoms with Crippen molar-refractivity contribution in [3.8, 4) is 17.1 Å². The van der Waals surface area contributed by atoms with Crippen LogP contribution >= 0.6 is 34.8 Å². The number of halogens is 4. The zero-order chi connectivity index (χ0) is 26.3. The van der Waals surface area contributed by atoms with Crippen molar-refractivity contribution in [3.05, 3.63) is 91.4 Å². The van der Waals surface area contributed by atoms with E-state index in [2.05, 4.69) is 4.90 Å². The standard InChI is InChI=1S/C27H22Cl3FN4O2/c1-16(36)34-11-9-33(10-12-34)15-17-3-2-4-21(25(17)30)26-32-24-13-18(28)5-7-20(24)27(37)35(26)19-6-8-22(29)23(31)14-19/h2-8,13-14H,9-12,15H2,1H3. The molecule has 0 spiro atoms. The lowest BCUT2D eigenvalue weighted by molar-refractivity contribution is -0.130. The zero-order valence-corrected chi connectivity index (χ0v) is 22.1. The summed E-state index contributed by atoms with van der Waals surface area (Å²) in [6.07, 6.45) is 0. The van der Waals surface area contributed by atoms with Crippen LogP contribution in [-0.4, -0.2) is 51.4 Å². The second-order valence-electron chi connectivity index (χ2n) is 8.90. The number of rotatable bonds is 4. The van der Waals surface area contributed by atoms with E-state index in [0.717, 1.165) is 18.7 Å². The molecule has 1 fully saturated rings. The maximum absolute atomic E-state index is 14.4. The lowest BCUT2D eigenvalue weighted by Gasteiger charge is -2.34. The summed E-state index contributed by atoms with van der Waals surface area (Å²) in [6.45, 7) is 4.90. The quantitative estimate of drug-likeness (QED) is 0.316. The summed E-state index contributed by atoms with van der Waals surface area (Å²) in [5, 5.41) is 1.15. The first-order chi connectivity index (χ1) is 17.7.